The highest BCUT2D eigenvalue weighted by Gasteiger charge is 2.17. The minimum absolute atomic E-state index is 0.0157. The Hall–Kier alpha value is -2.45. The Labute approximate surface area is 150 Å². The molecular formula is C15H11BrClN3O4. The number of aryl methyl sites for hydroxylation is 1. The summed E-state index contributed by atoms with van der Waals surface area (Å²) in [6.07, 6.45) is 0. The number of hydrogen-bond donors (Lipinski definition) is 2. The fourth-order valence-electron chi connectivity index (χ4n) is 1.81. The van der Waals surface area contributed by atoms with Gasteiger partial charge in [0.1, 0.15) is 0 Å². The van der Waals surface area contributed by atoms with Crippen molar-refractivity contribution in [3.63, 3.8) is 0 Å². The van der Waals surface area contributed by atoms with Crippen molar-refractivity contribution in [1.82, 2.24) is 0 Å². The van der Waals surface area contributed by atoms with Gasteiger partial charge in [0.05, 0.1) is 15.6 Å². The van der Waals surface area contributed by atoms with Crippen LogP contribution in [-0.2, 0) is 9.59 Å². The summed E-state index contributed by atoms with van der Waals surface area (Å²) >= 11 is 9.21. The zero-order valence-corrected chi connectivity index (χ0v) is 14.6. The normalized spacial score (nSPS) is 10.1. The fourth-order valence-corrected chi connectivity index (χ4v) is 2.22. The van der Waals surface area contributed by atoms with Gasteiger partial charge in [-0.2, -0.15) is 0 Å². The van der Waals surface area contributed by atoms with Crippen molar-refractivity contribution >= 4 is 56.4 Å². The Morgan fingerprint density at radius 1 is 1.12 bits per heavy atom. The molecule has 7 nitrogen and oxygen atoms in total. The molecule has 2 aromatic rings. The number of non-ortho nitro benzene ring substituents is 1. The molecule has 9 heteroatoms. The van der Waals surface area contributed by atoms with Crippen LogP contribution in [0.25, 0.3) is 0 Å². The minimum Gasteiger partial charge on any atom is -0.318 e. The van der Waals surface area contributed by atoms with Gasteiger partial charge in [-0.25, -0.2) is 0 Å². The van der Waals surface area contributed by atoms with E-state index in [9.17, 15) is 19.7 Å². The number of carbonyl (C=O) groups excluding carboxylic acids is 2. The lowest BCUT2D eigenvalue weighted by atomic mass is 10.2. The molecular weight excluding hydrogens is 402 g/mol. The number of amides is 2. The summed E-state index contributed by atoms with van der Waals surface area (Å²) in [5.74, 6) is -1.91. The quantitative estimate of drug-likeness (QED) is 0.453. The lowest BCUT2D eigenvalue weighted by Gasteiger charge is -2.09. The van der Waals surface area contributed by atoms with Crippen molar-refractivity contribution in [2.75, 3.05) is 10.6 Å². The molecule has 0 aromatic heterocycles. The van der Waals surface area contributed by atoms with Gasteiger partial charge in [0, 0.05) is 22.3 Å². The van der Waals surface area contributed by atoms with Gasteiger partial charge in [0.15, 0.2) is 0 Å². The van der Waals surface area contributed by atoms with E-state index in [0.29, 0.717) is 5.69 Å². The van der Waals surface area contributed by atoms with Gasteiger partial charge in [0.2, 0.25) is 0 Å². The number of nitrogens with one attached hydrogen (secondary N) is 2. The molecule has 0 heterocycles. The first kappa shape index (κ1) is 17.9. The number of rotatable bonds is 3. The maximum atomic E-state index is 11.9. The Morgan fingerprint density at radius 3 is 2.42 bits per heavy atom. The Morgan fingerprint density at radius 2 is 1.79 bits per heavy atom. The molecule has 2 aromatic carbocycles. The summed E-state index contributed by atoms with van der Waals surface area (Å²) in [5.41, 5.74) is 1.06. The number of anilines is 2. The third-order valence-electron chi connectivity index (χ3n) is 3.03. The van der Waals surface area contributed by atoms with Gasteiger partial charge in [-0.05, 0) is 36.8 Å². The van der Waals surface area contributed by atoms with Gasteiger partial charge in [-0.1, -0.05) is 27.5 Å². The number of hydrogen-bond acceptors (Lipinski definition) is 4. The highest BCUT2D eigenvalue weighted by Crippen LogP contribution is 2.26. The van der Waals surface area contributed by atoms with Crippen molar-refractivity contribution in [3.8, 4) is 0 Å². The zero-order valence-electron chi connectivity index (χ0n) is 12.3. The molecule has 0 saturated heterocycles. The van der Waals surface area contributed by atoms with Crippen LogP contribution in [0.5, 0.6) is 0 Å². The molecule has 0 saturated carbocycles. The monoisotopic (exact) mass is 411 g/mol. The smallest absolute Gasteiger partial charge is 0.314 e. The summed E-state index contributed by atoms with van der Waals surface area (Å²) < 4.78 is 0.869. The van der Waals surface area contributed by atoms with Crippen LogP contribution < -0.4 is 10.6 Å². The molecule has 24 heavy (non-hydrogen) atoms. The molecule has 0 spiro atoms. The second-order valence-corrected chi connectivity index (χ2v) is 6.06. The van der Waals surface area contributed by atoms with Crippen LogP contribution in [0.15, 0.2) is 40.9 Å². The third kappa shape index (κ3) is 4.30. The van der Waals surface area contributed by atoms with E-state index >= 15 is 0 Å². The lowest BCUT2D eigenvalue weighted by molar-refractivity contribution is -0.384. The maximum absolute atomic E-state index is 11.9. The summed E-state index contributed by atoms with van der Waals surface area (Å²) in [6, 6.07) is 8.60. The van der Waals surface area contributed by atoms with Crippen LogP contribution in [0, 0.1) is 17.0 Å². The minimum atomic E-state index is -0.988. The first-order chi connectivity index (χ1) is 11.3. The molecule has 124 valence electrons. The number of halogens is 2. The van der Waals surface area contributed by atoms with Gasteiger partial charge >= 0.3 is 11.8 Å². The molecule has 2 N–H and O–H groups in total. The molecule has 0 bridgehead atoms. The number of nitro groups is 1. The standard InChI is InChI=1S/C15H11BrClN3O4/c1-8-6-9(2-4-11(8)16)18-14(21)15(22)19-13-7-10(20(23)24)3-5-12(13)17/h2-7H,1H3,(H,18,21)(H,19,22). The molecule has 0 unspecified atom stereocenters. The van der Waals surface area contributed by atoms with Gasteiger partial charge in [-0.15, -0.1) is 0 Å². The van der Waals surface area contributed by atoms with Gasteiger partial charge in [-0.3, -0.25) is 19.7 Å². The van der Waals surface area contributed by atoms with Crippen LogP contribution in [0.1, 0.15) is 5.56 Å². The van der Waals surface area contributed by atoms with Crippen molar-refractivity contribution in [3.05, 3.63) is 61.6 Å². The Bertz CT molecular complexity index is 841. The summed E-state index contributed by atoms with van der Waals surface area (Å²) in [6.45, 7) is 1.84. The highest BCUT2D eigenvalue weighted by atomic mass is 79.9. The van der Waals surface area contributed by atoms with Crippen LogP contribution in [-0.4, -0.2) is 16.7 Å². The number of nitro benzene ring substituents is 1. The van der Waals surface area contributed by atoms with E-state index < -0.39 is 16.7 Å². The van der Waals surface area contributed by atoms with E-state index in [2.05, 4.69) is 26.6 Å². The van der Waals surface area contributed by atoms with E-state index in [1.165, 1.54) is 12.1 Å². The molecule has 0 fully saturated rings. The molecule has 0 radical (unpaired) electrons. The average Bonchev–Trinajstić information content (AvgIpc) is 2.52. The molecule has 2 rings (SSSR count). The molecule has 0 aliphatic heterocycles. The predicted molar refractivity (Wildman–Crippen MR) is 94.2 cm³/mol. The first-order valence-electron chi connectivity index (χ1n) is 6.60. The van der Waals surface area contributed by atoms with E-state index in [1.807, 2.05) is 6.92 Å². The second kappa shape index (κ2) is 7.41. The topological polar surface area (TPSA) is 101 Å². The molecule has 0 atom stereocenters. The molecule has 2 amide bonds. The lowest BCUT2D eigenvalue weighted by Crippen LogP contribution is -2.29. The molecule has 0 aliphatic rings. The van der Waals surface area contributed by atoms with E-state index in [4.69, 9.17) is 11.6 Å². The SMILES string of the molecule is Cc1cc(NC(=O)C(=O)Nc2cc([N+](=O)[O-])ccc2Cl)ccc1Br. The van der Waals surface area contributed by atoms with Crippen molar-refractivity contribution < 1.29 is 14.5 Å². The fraction of sp³-hybridized carbons (Fsp3) is 0.0667. The Balaban J connectivity index is 2.11. The third-order valence-corrected chi connectivity index (χ3v) is 4.25. The average molecular weight is 413 g/mol. The number of nitrogens with zero attached hydrogens (tertiary/aromatic N) is 1. The highest BCUT2D eigenvalue weighted by molar-refractivity contribution is 9.10. The predicted octanol–water partition coefficient (Wildman–Crippen LogP) is 3.90. The summed E-state index contributed by atoms with van der Waals surface area (Å²) in [4.78, 5) is 34.0. The maximum Gasteiger partial charge on any atom is 0.314 e. The number of carbonyl (C=O) groups is 2. The van der Waals surface area contributed by atoms with Crippen LogP contribution >= 0.6 is 27.5 Å². The van der Waals surface area contributed by atoms with E-state index in [0.717, 1.165) is 16.1 Å². The zero-order chi connectivity index (χ0) is 17.9. The summed E-state index contributed by atoms with van der Waals surface area (Å²) in [5, 5.41) is 15.5. The first-order valence-corrected chi connectivity index (χ1v) is 7.77. The second-order valence-electron chi connectivity index (χ2n) is 4.79. The number of benzene rings is 2. The molecule has 0 aliphatic carbocycles. The van der Waals surface area contributed by atoms with E-state index in [1.54, 1.807) is 18.2 Å². The van der Waals surface area contributed by atoms with Crippen molar-refractivity contribution in [2.24, 2.45) is 0 Å². The van der Waals surface area contributed by atoms with Crippen molar-refractivity contribution in [1.29, 1.82) is 0 Å². The van der Waals surface area contributed by atoms with Crippen LogP contribution in [0.2, 0.25) is 5.02 Å². The van der Waals surface area contributed by atoms with Gasteiger partial charge < -0.3 is 10.6 Å². The Kier molecular flexibility index (Phi) is 5.53. The summed E-state index contributed by atoms with van der Waals surface area (Å²) in [7, 11) is 0. The van der Waals surface area contributed by atoms with Crippen LogP contribution in [0.3, 0.4) is 0 Å². The van der Waals surface area contributed by atoms with Gasteiger partial charge in [0.25, 0.3) is 5.69 Å². The van der Waals surface area contributed by atoms with Crippen molar-refractivity contribution in [2.45, 2.75) is 6.92 Å². The van der Waals surface area contributed by atoms with Crippen LogP contribution in [0.4, 0.5) is 17.1 Å². The largest absolute Gasteiger partial charge is 0.318 e. The van der Waals surface area contributed by atoms with E-state index in [-0.39, 0.29) is 16.4 Å².